The van der Waals surface area contributed by atoms with Gasteiger partial charge in [-0.15, -0.1) is 0 Å². The fourth-order valence-corrected chi connectivity index (χ4v) is 2.06. The predicted octanol–water partition coefficient (Wildman–Crippen LogP) is 3.46. The number of rotatable bonds is 5. The quantitative estimate of drug-likeness (QED) is 0.774. The molecule has 104 valence electrons. The van der Waals surface area contributed by atoms with E-state index >= 15 is 0 Å². The molecule has 1 aromatic rings. The van der Waals surface area contributed by atoms with E-state index in [1.54, 1.807) is 6.07 Å². The molecule has 0 aliphatic carbocycles. The zero-order valence-electron chi connectivity index (χ0n) is 10.9. The van der Waals surface area contributed by atoms with Gasteiger partial charge in [0.15, 0.2) is 0 Å². The van der Waals surface area contributed by atoms with E-state index in [9.17, 15) is 9.59 Å². The van der Waals surface area contributed by atoms with Gasteiger partial charge in [-0.2, -0.15) is 0 Å². The van der Waals surface area contributed by atoms with Crippen LogP contribution in [0, 0.1) is 0 Å². The first kappa shape index (κ1) is 15.5. The summed E-state index contributed by atoms with van der Waals surface area (Å²) in [6.07, 6.45) is 1.73. The monoisotopic (exact) mass is 328 g/mol. The maximum atomic E-state index is 11.8. The molecule has 6 heteroatoms. The number of hydrogen-bond donors (Lipinski definition) is 3. The fraction of sp³-hybridized carbons (Fsp3) is 0.385. The second-order valence-corrected chi connectivity index (χ2v) is 4.97. The van der Waals surface area contributed by atoms with Crippen LogP contribution in [0.4, 0.5) is 10.5 Å². The molecule has 0 aliphatic heterocycles. The van der Waals surface area contributed by atoms with E-state index in [1.807, 2.05) is 13.8 Å². The summed E-state index contributed by atoms with van der Waals surface area (Å²) in [5, 5.41) is 14.4. The maximum Gasteiger partial charge on any atom is 0.335 e. The predicted molar refractivity (Wildman–Crippen MR) is 77.6 cm³/mol. The third kappa shape index (κ3) is 4.55. The SMILES string of the molecule is CCC(CC)NC(=O)Nc1ccc(C(=O)O)cc1Br. The highest BCUT2D eigenvalue weighted by molar-refractivity contribution is 9.10. The van der Waals surface area contributed by atoms with Crippen molar-refractivity contribution in [2.45, 2.75) is 32.7 Å². The Kier molecular flexibility index (Phi) is 5.82. The van der Waals surface area contributed by atoms with Gasteiger partial charge in [-0.3, -0.25) is 0 Å². The van der Waals surface area contributed by atoms with Crippen LogP contribution in [0.15, 0.2) is 22.7 Å². The number of aromatic carboxylic acids is 1. The van der Waals surface area contributed by atoms with Crippen LogP contribution in [0.2, 0.25) is 0 Å². The smallest absolute Gasteiger partial charge is 0.335 e. The molecule has 0 aliphatic rings. The van der Waals surface area contributed by atoms with E-state index < -0.39 is 5.97 Å². The number of urea groups is 1. The minimum atomic E-state index is -1.01. The largest absolute Gasteiger partial charge is 0.478 e. The maximum absolute atomic E-state index is 11.8. The van der Waals surface area contributed by atoms with Crippen molar-refractivity contribution in [3.63, 3.8) is 0 Å². The lowest BCUT2D eigenvalue weighted by Gasteiger charge is -2.16. The Labute approximate surface area is 120 Å². The molecule has 2 amide bonds. The van der Waals surface area contributed by atoms with E-state index in [-0.39, 0.29) is 17.6 Å². The van der Waals surface area contributed by atoms with Crippen LogP contribution in [-0.4, -0.2) is 23.1 Å². The summed E-state index contributed by atoms with van der Waals surface area (Å²) < 4.78 is 0.534. The van der Waals surface area contributed by atoms with Gasteiger partial charge in [0.1, 0.15) is 0 Å². The van der Waals surface area contributed by atoms with Crippen molar-refractivity contribution >= 4 is 33.6 Å². The third-order valence-electron chi connectivity index (χ3n) is 2.79. The molecule has 1 rings (SSSR count). The molecule has 5 nitrogen and oxygen atoms in total. The molecule has 0 spiro atoms. The molecule has 1 aromatic carbocycles. The number of anilines is 1. The second-order valence-electron chi connectivity index (χ2n) is 4.11. The van der Waals surface area contributed by atoms with Gasteiger partial charge in [0.25, 0.3) is 0 Å². The van der Waals surface area contributed by atoms with Gasteiger partial charge in [-0.05, 0) is 47.0 Å². The normalized spacial score (nSPS) is 10.3. The molecule has 0 bridgehead atoms. The number of amides is 2. The molecular weight excluding hydrogens is 312 g/mol. The summed E-state index contributed by atoms with van der Waals surface area (Å²) in [4.78, 5) is 22.5. The Morgan fingerprint density at radius 1 is 1.32 bits per heavy atom. The van der Waals surface area contributed by atoms with E-state index in [0.29, 0.717) is 10.2 Å². The lowest BCUT2D eigenvalue weighted by Crippen LogP contribution is -2.37. The van der Waals surface area contributed by atoms with Crippen molar-refractivity contribution in [1.29, 1.82) is 0 Å². The molecule has 0 aromatic heterocycles. The number of benzene rings is 1. The number of carbonyl (C=O) groups is 2. The average Bonchev–Trinajstić information content (AvgIpc) is 2.38. The van der Waals surface area contributed by atoms with Gasteiger partial charge in [0, 0.05) is 10.5 Å². The molecule has 0 saturated carbocycles. The van der Waals surface area contributed by atoms with Gasteiger partial charge in [0.2, 0.25) is 0 Å². The van der Waals surface area contributed by atoms with E-state index in [1.165, 1.54) is 12.1 Å². The number of carbonyl (C=O) groups excluding carboxylic acids is 1. The Hall–Kier alpha value is -1.56. The second kappa shape index (κ2) is 7.13. The third-order valence-corrected chi connectivity index (χ3v) is 3.44. The molecule has 0 fully saturated rings. The summed E-state index contributed by atoms with van der Waals surface area (Å²) in [5.41, 5.74) is 0.700. The molecule has 0 heterocycles. The van der Waals surface area contributed by atoms with Crippen LogP contribution in [0.3, 0.4) is 0 Å². The summed E-state index contributed by atoms with van der Waals surface area (Å²) in [5.74, 6) is -1.01. The molecule has 3 N–H and O–H groups in total. The lowest BCUT2D eigenvalue weighted by atomic mass is 10.2. The molecule has 19 heavy (non-hydrogen) atoms. The van der Waals surface area contributed by atoms with Crippen LogP contribution >= 0.6 is 15.9 Å². The van der Waals surface area contributed by atoms with Crippen LogP contribution in [0.5, 0.6) is 0 Å². The van der Waals surface area contributed by atoms with E-state index in [0.717, 1.165) is 12.8 Å². The van der Waals surface area contributed by atoms with Gasteiger partial charge in [0.05, 0.1) is 11.3 Å². The van der Waals surface area contributed by atoms with Gasteiger partial charge >= 0.3 is 12.0 Å². The van der Waals surface area contributed by atoms with Gasteiger partial charge < -0.3 is 15.7 Å². The molecule has 0 radical (unpaired) electrons. The number of carboxylic acid groups (broad SMARTS) is 1. The highest BCUT2D eigenvalue weighted by Crippen LogP contribution is 2.23. The first-order valence-electron chi connectivity index (χ1n) is 6.08. The summed E-state index contributed by atoms with van der Waals surface area (Å²) in [6, 6.07) is 4.30. The van der Waals surface area contributed by atoms with Crippen molar-refractivity contribution in [1.82, 2.24) is 5.32 Å². The summed E-state index contributed by atoms with van der Waals surface area (Å²) in [7, 11) is 0. The number of halogens is 1. The first-order chi connectivity index (χ1) is 8.97. The van der Waals surface area contributed by atoms with E-state index in [2.05, 4.69) is 26.6 Å². The van der Waals surface area contributed by atoms with Gasteiger partial charge in [-0.25, -0.2) is 9.59 Å². The fourth-order valence-electron chi connectivity index (χ4n) is 1.59. The van der Waals surface area contributed by atoms with Crippen molar-refractivity contribution in [2.75, 3.05) is 5.32 Å². The van der Waals surface area contributed by atoms with Crippen LogP contribution in [0.25, 0.3) is 0 Å². The minimum absolute atomic E-state index is 0.136. The average molecular weight is 329 g/mol. The van der Waals surface area contributed by atoms with Crippen molar-refractivity contribution < 1.29 is 14.7 Å². The topological polar surface area (TPSA) is 78.4 Å². The van der Waals surface area contributed by atoms with Gasteiger partial charge in [-0.1, -0.05) is 13.8 Å². The molecular formula is C13H17BrN2O3. The Balaban J connectivity index is 2.72. The summed E-state index contributed by atoms with van der Waals surface area (Å²) in [6.45, 7) is 4.01. The zero-order chi connectivity index (χ0) is 14.4. The number of nitrogens with one attached hydrogen (secondary N) is 2. The number of hydrogen-bond acceptors (Lipinski definition) is 2. The highest BCUT2D eigenvalue weighted by Gasteiger charge is 2.11. The van der Waals surface area contributed by atoms with Crippen LogP contribution in [-0.2, 0) is 0 Å². The minimum Gasteiger partial charge on any atom is -0.478 e. The van der Waals surface area contributed by atoms with Crippen molar-refractivity contribution in [2.24, 2.45) is 0 Å². The lowest BCUT2D eigenvalue weighted by molar-refractivity contribution is 0.0697. The highest BCUT2D eigenvalue weighted by atomic mass is 79.9. The Morgan fingerprint density at radius 3 is 2.42 bits per heavy atom. The Morgan fingerprint density at radius 2 is 1.95 bits per heavy atom. The van der Waals surface area contributed by atoms with E-state index in [4.69, 9.17) is 5.11 Å². The number of carboxylic acids is 1. The first-order valence-corrected chi connectivity index (χ1v) is 6.87. The van der Waals surface area contributed by atoms with Crippen LogP contribution in [0.1, 0.15) is 37.0 Å². The molecule has 0 saturated heterocycles. The summed E-state index contributed by atoms with van der Waals surface area (Å²) >= 11 is 3.24. The van der Waals surface area contributed by atoms with Crippen molar-refractivity contribution in [3.8, 4) is 0 Å². The van der Waals surface area contributed by atoms with Crippen LogP contribution < -0.4 is 10.6 Å². The molecule has 0 atom stereocenters. The molecule has 0 unspecified atom stereocenters. The Bertz CT molecular complexity index is 473. The zero-order valence-corrected chi connectivity index (χ0v) is 12.5. The van der Waals surface area contributed by atoms with Crippen molar-refractivity contribution in [3.05, 3.63) is 28.2 Å². The standard InChI is InChI=1S/C13H17BrN2O3/c1-3-9(4-2)15-13(19)16-11-6-5-8(12(17)18)7-10(11)14/h5-7,9H,3-4H2,1-2H3,(H,17,18)(H2,15,16,19).